The summed E-state index contributed by atoms with van der Waals surface area (Å²) in [4.78, 5) is 11.3. The molecule has 3 aromatic heterocycles. The second-order valence-corrected chi connectivity index (χ2v) is 7.84. The maximum absolute atomic E-state index is 5.50. The zero-order valence-corrected chi connectivity index (χ0v) is 14.3. The Bertz CT molecular complexity index is 837. The fourth-order valence-electron chi connectivity index (χ4n) is 2.96. The van der Waals surface area contributed by atoms with Crippen molar-refractivity contribution in [1.29, 1.82) is 0 Å². The monoisotopic (exact) mass is 331 g/mol. The standard InChI is InChI=1S/C16H17N3OS2/c1-9-10(2)22-16-14(9)15(17-8-18-16)21-7-12-11-5-3-4-6-13(11)20-19-12/h8H,3-7H2,1-2H3. The SMILES string of the molecule is Cc1sc2ncnc(SCc3noc4c3CCCC4)c2c1C. The molecule has 0 aromatic carbocycles. The highest BCUT2D eigenvalue weighted by molar-refractivity contribution is 7.98. The molecule has 0 bridgehead atoms. The Morgan fingerprint density at radius 2 is 2.09 bits per heavy atom. The van der Waals surface area contributed by atoms with Crippen molar-refractivity contribution in [3.8, 4) is 0 Å². The minimum atomic E-state index is 0.819. The third-order valence-corrected chi connectivity index (χ3v) is 6.42. The van der Waals surface area contributed by atoms with Crippen LogP contribution in [0.4, 0.5) is 0 Å². The normalized spacial score (nSPS) is 14.5. The van der Waals surface area contributed by atoms with Gasteiger partial charge in [-0.15, -0.1) is 11.3 Å². The van der Waals surface area contributed by atoms with Crippen molar-refractivity contribution in [3.63, 3.8) is 0 Å². The van der Waals surface area contributed by atoms with Crippen molar-refractivity contribution < 1.29 is 4.52 Å². The van der Waals surface area contributed by atoms with Crippen LogP contribution in [-0.2, 0) is 18.6 Å². The average molecular weight is 331 g/mol. The van der Waals surface area contributed by atoms with E-state index < -0.39 is 0 Å². The predicted molar refractivity (Wildman–Crippen MR) is 89.6 cm³/mol. The highest BCUT2D eigenvalue weighted by Gasteiger charge is 2.20. The summed E-state index contributed by atoms with van der Waals surface area (Å²) < 4.78 is 5.50. The molecule has 0 atom stereocenters. The van der Waals surface area contributed by atoms with Gasteiger partial charge in [0.1, 0.15) is 21.9 Å². The van der Waals surface area contributed by atoms with E-state index in [2.05, 4.69) is 29.0 Å². The molecule has 3 heterocycles. The summed E-state index contributed by atoms with van der Waals surface area (Å²) in [7, 11) is 0. The van der Waals surface area contributed by atoms with Crippen LogP contribution in [-0.4, -0.2) is 15.1 Å². The van der Waals surface area contributed by atoms with Crippen molar-refractivity contribution in [1.82, 2.24) is 15.1 Å². The molecule has 0 aliphatic heterocycles. The molecule has 0 N–H and O–H groups in total. The van der Waals surface area contributed by atoms with Gasteiger partial charge in [-0.25, -0.2) is 9.97 Å². The molecule has 0 amide bonds. The Morgan fingerprint density at radius 1 is 1.23 bits per heavy atom. The minimum absolute atomic E-state index is 0.819. The first-order chi connectivity index (χ1) is 10.7. The average Bonchev–Trinajstić information content (AvgIpc) is 3.07. The van der Waals surface area contributed by atoms with E-state index in [1.165, 1.54) is 34.2 Å². The van der Waals surface area contributed by atoms with Crippen LogP contribution in [0.2, 0.25) is 0 Å². The Morgan fingerprint density at radius 3 is 3.00 bits per heavy atom. The molecule has 0 unspecified atom stereocenters. The molecule has 1 aliphatic carbocycles. The quantitative estimate of drug-likeness (QED) is 0.523. The maximum atomic E-state index is 5.50. The molecule has 4 rings (SSSR count). The maximum Gasteiger partial charge on any atom is 0.140 e. The van der Waals surface area contributed by atoms with E-state index >= 15 is 0 Å². The molecule has 0 spiro atoms. The number of thiophene rings is 1. The summed E-state index contributed by atoms with van der Waals surface area (Å²) >= 11 is 3.48. The van der Waals surface area contributed by atoms with Gasteiger partial charge in [-0.05, 0) is 38.7 Å². The van der Waals surface area contributed by atoms with Gasteiger partial charge in [0.15, 0.2) is 0 Å². The molecule has 4 nitrogen and oxygen atoms in total. The van der Waals surface area contributed by atoms with Crippen LogP contribution < -0.4 is 0 Å². The number of fused-ring (bicyclic) bond motifs is 2. The van der Waals surface area contributed by atoms with Crippen LogP contribution in [0.1, 0.15) is 40.3 Å². The van der Waals surface area contributed by atoms with Crippen LogP contribution in [0.3, 0.4) is 0 Å². The predicted octanol–water partition coefficient (Wildman–Crippen LogP) is 4.47. The lowest BCUT2D eigenvalue weighted by Gasteiger charge is -2.09. The number of aryl methyl sites for hydroxylation is 3. The van der Waals surface area contributed by atoms with Gasteiger partial charge in [-0.2, -0.15) is 0 Å². The van der Waals surface area contributed by atoms with E-state index in [-0.39, 0.29) is 0 Å². The number of aromatic nitrogens is 3. The Labute approximate surface area is 137 Å². The first-order valence-electron chi connectivity index (χ1n) is 7.54. The first kappa shape index (κ1) is 14.2. The molecule has 6 heteroatoms. The summed E-state index contributed by atoms with van der Waals surface area (Å²) in [5.74, 6) is 1.91. The van der Waals surface area contributed by atoms with Crippen LogP contribution >= 0.6 is 23.1 Å². The largest absolute Gasteiger partial charge is 0.361 e. The molecule has 0 saturated heterocycles. The van der Waals surface area contributed by atoms with Gasteiger partial charge in [0, 0.05) is 28.0 Å². The summed E-state index contributed by atoms with van der Waals surface area (Å²) in [6, 6.07) is 0. The van der Waals surface area contributed by atoms with E-state index in [0.29, 0.717) is 0 Å². The summed E-state index contributed by atoms with van der Waals surface area (Å²) in [5, 5.41) is 6.54. The lowest BCUT2D eigenvalue weighted by molar-refractivity contribution is 0.369. The molecular formula is C16H17N3OS2. The van der Waals surface area contributed by atoms with Gasteiger partial charge >= 0.3 is 0 Å². The fourth-order valence-corrected chi connectivity index (χ4v) is 5.04. The van der Waals surface area contributed by atoms with Gasteiger partial charge < -0.3 is 4.52 Å². The topological polar surface area (TPSA) is 51.8 Å². The fraction of sp³-hybridized carbons (Fsp3) is 0.438. The van der Waals surface area contributed by atoms with Gasteiger partial charge in [0.05, 0.1) is 5.69 Å². The smallest absolute Gasteiger partial charge is 0.140 e. The number of rotatable bonds is 3. The Balaban J connectivity index is 1.63. The number of hydrogen-bond acceptors (Lipinski definition) is 6. The molecule has 3 aromatic rings. The van der Waals surface area contributed by atoms with Crippen molar-refractivity contribution in [3.05, 3.63) is 33.8 Å². The lowest BCUT2D eigenvalue weighted by atomic mass is 9.97. The van der Waals surface area contributed by atoms with Crippen molar-refractivity contribution in [2.75, 3.05) is 0 Å². The zero-order chi connectivity index (χ0) is 15.1. The minimum Gasteiger partial charge on any atom is -0.361 e. The highest BCUT2D eigenvalue weighted by Crippen LogP contribution is 2.36. The van der Waals surface area contributed by atoms with E-state index in [4.69, 9.17) is 4.52 Å². The van der Waals surface area contributed by atoms with E-state index in [1.807, 2.05) is 0 Å². The van der Waals surface area contributed by atoms with Crippen molar-refractivity contribution in [2.24, 2.45) is 0 Å². The van der Waals surface area contributed by atoms with Crippen LogP contribution in [0.15, 0.2) is 15.9 Å². The molecule has 0 radical (unpaired) electrons. The molecule has 0 fully saturated rings. The van der Waals surface area contributed by atoms with Crippen LogP contribution in [0.5, 0.6) is 0 Å². The molecule has 1 aliphatic rings. The number of thioether (sulfide) groups is 1. The first-order valence-corrected chi connectivity index (χ1v) is 9.34. The van der Waals surface area contributed by atoms with Crippen molar-refractivity contribution in [2.45, 2.75) is 50.3 Å². The zero-order valence-electron chi connectivity index (χ0n) is 12.7. The number of hydrogen-bond donors (Lipinski definition) is 0. The molecule has 22 heavy (non-hydrogen) atoms. The van der Waals surface area contributed by atoms with Crippen LogP contribution in [0, 0.1) is 13.8 Å². The highest BCUT2D eigenvalue weighted by atomic mass is 32.2. The van der Waals surface area contributed by atoms with Gasteiger partial charge in [-0.1, -0.05) is 16.9 Å². The second kappa shape index (κ2) is 5.66. The number of nitrogens with zero attached hydrogens (tertiary/aromatic N) is 3. The third kappa shape index (κ3) is 2.34. The van der Waals surface area contributed by atoms with E-state index in [0.717, 1.165) is 39.9 Å². The van der Waals surface area contributed by atoms with E-state index in [1.54, 1.807) is 29.4 Å². The summed E-state index contributed by atoms with van der Waals surface area (Å²) in [6.07, 6.45) is 6.26. The Kier molecular flexibility index (Phi) is 3.66. The van der Waals surface area contributed by atoms with Gasteiger partial charge in [0.2, 0.25) is 0 Å². The Hall–Kier alpha value is -1.40. The summed E-state index contributed by atoms with van der Waals surface area (Å²) in [5.41, 5.74) is 3.73. The van der Waals surface area contributed by atoms with Crippen molar-refractivity contribution >= 4 is 33.3 Å². The van der Waals surface area contributed by atoms with Crippen LogP contribution in [0.25, 0.3) is 10.2 Å². The molecule has 114 valence electrons. The van der Waals surface area contributed by atoms with E-state index in [9.17, 15) is 0 Å². The molecular weight excluding hydrogens is 314 g/mol. The van der Waals surface area contributed by atoms with Gasteiger partial charge in [-0.3, -0.25) is 0 Å². The molecule has 0 saturated carbocycles. The van der Waals surface area contributed by atoms with Gasteiger partial charge in [0.25, 0.3) is 0 Å². The third-order valence-electron chi connectivity index (χ3n) is 4.31. The summed E-state index contributed by atoms with van der Waals surface area (Å²) in [6.45, 7) is 4.30. The second-order valence-electron chi connectivity index (χ2n) is 5.67. The lowest BCUT2D eigenvalue weighted by Crippen LogP contribution is -2.01.